The van der Waals surface area contributed by atoms with E-state index in [0.717, 1.165) is 48.7 Å². The number of halogens is 1. The van der Waals surface area contributed by atoms with E-state index in [0.29, 0.717) is 5.82 Å². The number of nitrogen functional groups attached to an aromatic ring is 1. The van der Waals surface area contributed by atoms with Gasteiger partial charge in [0, 0.05) is 23.4 Å². The number of rotatable bonds is 2. The van der Waals surface area contributed by atoms with Crippen LogP contribution in [-0.4, -0.2) is 14.7 Å². The Morgan fingerprint density at radius 1 is 1.42 bits per heavy atom. The topological polar surface area (TPSA) is 87.0 Å². The number of nitro groups is 1. The Morgan fingerprint density at radius 2 is 2.21 bits per heavy atom. The monoisotopic (exact) mass is 262 g/mol. The maximum absolute atomic E-state index is 13.4. The fourth-order valence-electron chi connectivity index (χ4n) is 2.49. The molecule has 0 unspecified atom stereocenters. The second-order valence-electron chi connectivity index (χ2n) is 4.47. The molecule has 0 atom stereocenters. The molecule has 0 fully saturated rings. The van der Waals surface area contributed by atoms with Crippen molar-refractivity contribution in [3.63, 3.8) is 0 Å². The van der Waals surface area contributed by atoms with Gasteiger partial charge < -0.3 is 5.73 Å². The van der Waals surface area contributed by atoms with Gasteiger partial charge in [0.2, 0.25) is 0 Å². The van der Waals surface area contributed by atoms with Crippen LogP contribution in [0.1, 0.15) is 17.7 Å². The molecule has 1 aromatic heterocycles. The third kappa shape index (κ3) is 1.74. The molecule has 19 heavy (non-hydrogen) atoms. The summed E-state index contributed by atoms with van der Waals surface area (Å²) in [6.45, 7) is 0. The van der Waals surface area contributed by atoms with Gasteiger partial charge in [-0.15, -0.1) is 5.10 Å². The van der Waals surface area contributed by atoms with Gasteiger partial charge in [0.05, 0.1) is 4.92 Å². The van der Waals surface area contributed by atoms with Crippen molar-refractivity contribution >= 4 is 11.5 Å². The van der Waals surface area contributed by atoms with Crippen molar-refractivity contribution in [3.05, 3.63) is 45.4 Å². The molecular formula is C12H11FN4O2. The van der Waals surface area contributed by atoms with E-state index in [1.165, 1.54) is 4.68 Å². The second-order valence-corrected chi connectivity index (χ2v) is 4.47. The van der Waals surface area contributed by atoms with Gasteiger partial charge in [0.1, 0.15) is 17.3 Å². The first-order valence-corrected chi connectivity index (χ1v) is 5.88. The van der Waals surface area contributed by atoms with Crippen molar-refractivity contribution in [2.75, 3.05) is 5.73 Å². The van der Waals surface area contributed by atoms with Crippen LogP contribution in [0.2, 0.25) is 0 Å². The summed E-state index contributed by atoms with van der Waals surface area (Å²) in [4.78, 5) is 10.5. The highest BCUT2D eigenvalue weighted by atomic mass is 19.1. The van der Waals surface area contributed by atoms with Gasteiger partial charge in [-0.3, -0.25) is 10.1 Å². The van der Waals surface area contributed by atoms with E-state index in [4.69, 9.17) is 5.73 Å². The highest BCUT2D eigenvalue weighted by Crippen LogP contribution is 2.32. The lowest BCUT2D eigenvalue weighted by atomic mass is 10.2. The molecule has 1 heterocycles. The van der Waals surface area contributed by atoms with E-state index in [1.54, 1.807) is 0 Å². The van der Waals surface area contributed by atoms with Crippen molar-refractivity contribution in [2.45, 2.75) is 19.3 Å². The molecule has 3 rings (SSSR count). The quantitative estimate of drug-likeness (QED) is 0.662. The largest absolute Gasteiger partial charge is 0.382 e. The van der Waals surface area contributed by atoms with Crippen LogP contribution in [-0.2, 0) is 12.8 Å². The van der Waals surface area contributed by atoms with Gasteiger partial charge in [-0.05, 0) is 25.3 Å². The molecule has 1 aliphatic rings. The minimum Gasteiger partial charge on any atom is -0.382 e. The molecule has 2 aromatic rings. The highest BCUT2D eigenvalue weighted by molar-refractivity contribution is 5.56. The number of fused-ring (bicyclic) bond motifs is 1. The first-order chi connectivity index (χ1) is 9.08. The zero-order chi connectivity index (χ0) is 13.6. The Balaban J connectivity index is 2.25. The van der Waals surface area contributed by atoms with Crippen LogP contribution in [0.5, 0.6) is 0 Å². The number of nitro benzene ring substituents is 1. The molecule has 0 radical (unpaired) electrons. The zero-order valence-corrected chi connectivity index (χ0v) is 9.97. The SMILES string of the molecule is Nc1nn(-c2cc(F)ccc2[N+](=O)[O-])c2c1CCC2. The summed E-state index contributed by atoms with van der Waals surface area (Å²) in [5.41, 5.74) is 7.50. The average Bonchev–Trinajstić information content (AvgIpc) is 2.93. The van der Waals surface area contributed by atoms with E-state index >= 15 is 0 Å². The Hall–Kier alpha value is -2.44. The lowest BCUT2D eigenvalue weighted by Crippen LogP contribution is -2.06. The van der Waals surface area contributed by atoms with Crippen molar-refractivity contribution in [1.29, 1.82) is 0 Å². The van der Waals surface area contributed by atoms with Crippen LogP contribution in [0.15, 0.2) is 18.2 Å². The van der Waals surface area contributed by atoms with E-state index < -0.39 is 10.7 Å². The first kappa shape index (κ1) is 11.6. The molecule has 0 saturated heterocycles. The Kier molecular flexibility index (Phi) is 2.48. The van der Waals surface area contributed by atoms with Gasteiger partial charge >= 0.3 is 0 Å². The van der Waals surface area contributed by atoms with E-state index in [9.17, 15) is 14.5 Å². The molecule has 6 nitrogen and oxygen atoms in total. The summed E-state index contributed by atoms with van der Waals surface area (Å²) < 4.78 is 14.8. The normalized spacial score (nSPS) is 13.5. The summed E-state index contributed by atoms with van der Waals surface area (Å²) in [6, 6.07) is 3.32. The Labute approximate surface area is 107 Å². The number of benzene rings is 1. The average molecular weight is 262 g/mol. The molecule has 98 valence electrons. The molecule has 0 aliphatic heterocycles. The maximum Gasteiger partial charge on any atom is 0.295 e. The molecule has 0 spiro atoms. The van der Waals surface area contributed by atoms with Crippen molar-refractivity contribution in [1.82, 2.24) is 9.78 Å². The van der Waals surface area contributed by atoms with E-state index in [-0.39, 0.29) is 11.4 Å². The number of aromatic nitrogens is 2. The van der Waals surface area contributed by atoms with Crippen molar-refractivity contribution in [2.24, 2.45) is 0 Å². The third-order valence-corrected chi connectivity index (χ3v) is 3.32. The number of hydrogen-bond donors (Lipinski definition) is 1. The summed E-state index contributed by atoms with van der Waals surface area (Å²) in [6.07, 6.45) is 2.48. The third-order valence-electron chi connectivity index (χ3n) is 3.32. The van der Waals surface area contributed by atoms with Gasteiger partial charge in [-0.2, -0.15) is 0 Å². The molecule has 1 aliphatic carbocycles. The molecule has 1 aromatic carbocycles. The van der Waals surface area contributed by atoms with Crippen LogP contribution in [0, 0.1) is 15.9 Å². The number of hydrogen-bond acceptors (Lipinski definition) is 4. The highest BCUT2D eigenvalue weighted by Gasteiger charge is 2.25. The van der Waals surface area contributed by atoms with Gasteiger partial charge in [0.15, 0.2) is 0 Å². The molecule has 0 saturated carbocycles. The lowest BCUT2D eigenvalue weighted by Gasteiger charge is -2.06. The molecular weight excluding hydrogens is 251 g/mol. The summed E-state index contributed by atoms with van der Waals surface area (Å²) in [7, 11) is 0. The van der Waals surface area contributed by atoms with Gasteiger partial charge in [-0.1, -0.05) is 0 Å². The summed E-state index contributed by atoms with van der Waals surface area (Å²) >= 11 is 0. The number of anilines is 1. The van der Waals surface area contributed by atoms with Crippen LogP contribution in [0.25, 0.3) is 5.69 Å². The van der Waals surface area contributed by atoms with Crippen LogP contribution in [0.3, 0.4) is 0 Å². The first-order valence-electron chi connectivity index (χ1n) is 5.88. The number of nitrogens with zero attached hydrogens (tertiary/aromatic N) is 3. The van der Waals surface area contributed by atoms with Crippen LogP contribution >= 0.6 is 0 Å². The van der Waals surface area contributed by atoms with Crippen molar-refractivity contribution in [3.8, 4) is 5.69 Å². The Bertz CT molecular complexity index is 681. The minimum atomic E-state index is -0.548. The Morgan fingerprint density at radius 3 is 2.95 bits per heavy atom. The number of nitrogens with two attached hydrogens (primary N) is 1. The molecule has 0 bridgehead atoms. The molecule has 2 N–H and O–H groups in total. The smallest absolute Gasteiger partial charge is 0.295 e. The minimum absolute atomic E-state index is 0.125. The fourth-order valence-corrected chi connectivity index (χ4v) is 2.49. The summed E-state index contributed by atoms with van der Waals surface area (Å²) in [5, 5.41) is 15.1. The standard InChI is InChI=1S/C12H11FN4O2/c13-7-4-5-10(17(18)19)11(6-7)16-9-3-1-2-8(9)12(14)15-16/h4-6H,1-3H2,(H2,14,15). The van der Waals surface area contributed by atoms with E-state index in [2.05, 4.69) is 5.10 Å². The zero-order valence-electron chi connectivity index (χ0n) is 9.97. The second kappa shape index (κ2) is 4.04. The molecule has 0 amide bonds. The van der Waals surface area contributed by atoms with Gasteiger partial charge in [0.25, 0.3) is 5.69 Å². The van der Waals surface area contributed by atoms with Gasteiger partial charge in [-0.25, -0.2) is 9.07 Å². The lowest BCUT2D eigenvalue weighted by molar-refractivity contribution is -0.384. The van der Waals surface area contributed by atoms with Crippen LogP contribution in [0.4, 0.5) is 15.9 Å². The molecule has 7 heteroatoms. The predicted octanol–water partition coefficient (Wildman–Crippen LogP) is 1.99. The van der Waals surface area contributed by atoms with Crippen LogP contribution < -0.4 is 5.73 Å². The summed E-state index contributed by atoms with van der Waals surface area (Å²) in [5.74, 6) is -0.174. The van der Waals surface area contributed by atoms with E-state index in [1.807, 2.05) is 0 Å². The predicted molar refractivity (Wildman–Crippen MR) is 66.6 cm³/mol. The fraction of sp³-hybridized carbons (Fsp3) is 0.250. The van der Waals surface area contributed by atoms with Crippen molar-refractivity contribution < 1.29 is 9.31 Å². The maximum atomic E-state index is 13.4.